The van der Waals surface area contributed by atoms with E-state index in [2.05, 4.69) is 43.9 Å². The van der Waals surface area contributed by atoms with Crippen molar-refractivity contribution in [3.8, 4) is 0 Å². The summed E-state index contributed by atoms with van der Waals surface area (Å²) in [5.41, 5.74) is 11.1. The fourth-order valence-electron chi connectivity index (χ4n) is 2.49. The average Bonchev–Trinajstić information content (AvgIpc) is 2.51. The second-order valence-corrected chi connectivity index (χ2v) is 4.52. The predicted octanol–water partition coefficient (Wildman–Crippen LogP) is 2.39. The third kappa shape index (κ3) is 1.68. The van der Waals surface area contributed by atoms with Crippen molar-refractivity contribution >= 4 is 5.57 Å². The highest BCUT2D eigenvalue weighted by molar-refractivity contribution is 5.78. The van der Waals surface area contributed by atoms with Crippen LogP contribution in [-0.4, -0.2) is 12.6 Å². The number of rotatable bonds is 3. The molecule has 0 saturated heterocycles. The zero-order valence-electron chi connectivity index (χ0n) is 10.1. The van der Waals surface area contributed by atoms with Crippen LogP contribution in [0, 0.1) is 6.92 Å². The lowest BCUT2D eigenvalue weighted by Crippen LogP contribution is -2.34. The summed E-state index contributed by atoms with van der Waals surface area (Å²) in [7, 11) is 0. The van der Waals surface area contributed by atoms with Crippen LogP contribution in [-0.2, 0) is 0 Å². The van der Waals surface area contributed by atoms with E-state index in [1.807, 2.05) is 0 Å². The molecule has 0 spiro atoms. The SMILES string of the molecule is C=C1c2c(C)cccc2C(NCCC)C1N. The predicted molar refractivity (Wildman–Crippen MR) is 69.2 cm³/mol. The van der Waals surface area contributed by atoms with Crippen molar-refractivity contribution < 1.29 is 0 Å². The molecule has 0 heterocycles. The minimum Gasteiger partial charge on any atom is -0.322 e. The van der Waals surface area contributed by atoms with Crippen LogP contribution in [0.2, 0.25) is 0 Å². The summed E-state index contributed by atoms with van der Waals surface area (Å²) >= 11 is 0. The second-order valence-electron chi connectivity index (χ2n) is 4.52. The Morgan fingerprint density at radius 1 is 1.44 bits per heavy atom. The average molecular weight is 216 g/mol. The third-order valence-corrected chi connectivity index (χ3v) is 3.34. The van der Waals surface area contributed by atoms with Crippen LogP contribution in [0.5, 0.6) is 0 Å². The minimum absolute atomic E-state index is 0.0163. The zero-order chi connectivity index (χ0) is 11.7. The van der Waals surface area contributed by atoms with Gasteiger partial charge in [0.15, 0.2) is 0 Å². The first-order valence-electron chi connectivity index (χ1n) is 5.94. The van der Waals surface area contributed by atoms with Crippen molar-refractivity contribution in [3.05, 3.63) is 41.5 Å². The van der Waals surface area contributed by atoms with Crippen LogP contribution in [0.3, 0.4) is 0 Å². The van der Waals surface area contributed by atoms with Gasteiger partial charge in [-0.2, -0.15) is 0 Å². The van der Waals surface area contributed by atoms with Crippen molar-refractivity contribution in [3.63, 3.8) is 0 Å². The summed E-state index contributed by atoms with van der Waals surface area (Å²) in [6.07, 6.45) is 1.12. The van der Waals surface area contributed by atoms with Gasteiger partial charge in [-0.1, -0.05) is 31.7 Å². The maximum absolute atomic E-state index is 6.22. The molecular formula is C14H20N2. The van der Waals surface area contributed by atoms with Gasteiger partial charge in [-0.05, 0) is 42.2 Å². The van der Waals surface area contributed by atoms with E-state index in [4.69, 9.17) is 5.73 Å². The van der Waals surface area contributed by atoms with Gasteiger partial charge in [-0.3, -0.25) is 0 Å². The highest BCUT2D eigenvalue weighted by atomic mass is 15.0. The summed E-state index contributed by atoms with van der Waals surface area (Å²) < 4.78 is 0. The second kappa shape index (κ2) is 4.40. The normalized spacial score (nSPS) is 23.6. The van der Waals surface area contributed by atoms with E-state index in [1.165, 1.54) is 16.7 Å². The number of aryl methyl sites for hydroxylation is 1. The number of fused-ring (bicyclic) bond motifs is 1. The van der Waals surface area contributed by atoms with E-state index in [9.17, 15) is 0 Å². The van der Waals surface area contributed by atoms with Crippen LogP contribution < -0.4 is 11.1 Å². The molecule has 1 aliphatic rings. The molecule has 2 atom stereocenters. The Kier molecular flexibility index (Phi) is 3.13. The van der Waals surface area contributed by atoms with Gasteiger partial charge in [0.05, 0.1) is 6.04 Å². The van der Waals surface area contributed by atoms with Crippen LogP contribution in [0.4, 0.5) is 0 Å². The summed E-state index contributed by atoms with van der Waals surface area (Å²) in [5.74, 6) is 0. The van der Waals surface area contributed by atoms with Crippen molar-refractivity contribution in [2.45, 2.75) is 32.4 Å². The van der Waals surface area contributed by atoms with E-state index in [-0.39, 0.29) is 12.1 Å². The molecule has 2 heteroatoms. The zero-order valence-corrected chi connectivity index (χ0v) is 10.1. The molecule has 0 saturated carbocycles. The lowest BCUT2D eigenvalue weighted by atomic mass is 10.0. The molecule has 0 amide bonds. The van der Waals surface area contributed by atoms with E-state index in [0.717, 1.165) is 18.5 Å². The maximum Gasteiger partial charge on any atom is 0.0522 e. The highest BCUT2D eigenvalue weighted by Crippen LogP contribution is 2.39. The molecule has 1 aromatic rings. The first kappa shape index (κ1) is 11.4. The van der Waals surface area contributed by atoms with E-state index < -0.39 is 0 Å². The van der Waals surface area contributed by atoms with Gasteiger partial charge in [-0.25, -0.2) is 0 Å². The molecule has 0 aromatic heterocycles. The summed E-state index contributed by atoms with van der Waals surface area (Å²) in [6.45, 7) is 9.42. The molecule has 1 aromatic carbocycles. The van der Waals surface area contributed by atoms with Crippen LogP contribution in [0.25, 0.3) is 5.57 Å². The number of hydrogen-bond donors (Lipinski definition) is 2. The van der Waals surface area contributed by atoms with Gasteiger partial charge in [0.25, 0.3) is 0 Å². The smallest absolute Gasteiger partial charge is 0.0522 e. The first-order valence-corrected chi connectivity index (χ1v) is 5.94. The third-order valence-electron chi connectivity index (χ3n) is 3.34. The molecular weight excluding hydrogens is 196 g/mol. The molecule has 0 fully saturated rings. The monoisotopic (exact) mass is 216 g/mol. The van der Waals surface area contributed by atoms with Crippen LogP contribution >= 0.6 is 0 Å². The van der Waals surface area contributed by atoms with E-state index in [0.29, 0.717) is 0 Å². The van der Waals surface area contributed by atoms with Gasteiger partial charge >= 0.3 is 0 Å². The molecule has 2 rings (SSSR count). The molecule has 1 aliphatic carbocycles. The molecule has 3 N–H and O–H groups in total. The molecule has 2 nitrogen and oxygen atoms in total. The summed E-state index contributed by atoms with van der Waals surface area (Å²) in [4.78, 5) is 0. The molecule has 86 valence electrons. The van der Waals surface area contributed by atoms with E-state index in [1.54, 1.807) is 0 Å². The van der Waals surface area contributed by atoms with Crippen molar-refractivity contribution in [1.29, 1.82) is 0 Å². The fraction of sp³-hybridized carbons (Fsp3) is 0.429. The molecule has 16 heavy (non-hydrogen) atoms. The minimum atomic E-state index is 0.0163. The Bertz CT molecular complexity index is 409. The quantitative estimate of drug-likeness (QED) is 0.814. The highest BCUT2D eigenvalue weighted by Gasteiger charge is 2.33. The fourth-order valence-corrected chi connectivity index (χ4v) is 2.49. The molecule has 0 bridgehead atoms. The Labute approximate surface area is 97.5 Å². The van der Waals surface area contributed by atoms with Gasteiger partial charge in [-0.15, -0.1) is 0 Å². The van der Waals surface area contributed by atoms with Crippen molar-refractivity contribution in [1.82, 2.24) is 5.32 Å². The van der Waals surface area contributed by atoms with Gasteiger partial charge in [0.2, 0.25) is 0 Å². The summed E-state index contributed by atoms with van der Waals surface area (Å²) in [6, 6.07) is 6.64. The number of hydrogen-bond acceptors (Lipinski definition) is 2. The topological polar surface area (TPSA) is 38.0 Å². The summed E-state index contributed by atoms with van der Waals surface area (Å²) in [5, 5.41) is 3.51. The van der Waals surface area contributed by atoms with Crippen molar-refractivity contribution in [2.24, 2.45) is 5.73 Å². The molecule has 0 aliphatic heterocycles. The first-order chi connectivity index (χ1) is 7.66. The number of nitrogens with two attached hydrogens (primary N) is 1. The molecule has 2 unspecified atom stereocenters. The largest absolute Gasteiger partial charge is 0.322 e. The lowest BCUT2D eigenvalue weighted by Gasteiger charge is -2.18. The standard InChI is InChI=1S/C14H20N2/c1-4-8-16-14-11-7-5-6-9(2)12(11)10(3)13(14)15/h5-7,13-14,16H,3-4,8,15H2,1-2H3. The maximum atomic E-state index is 6.22. The van der Waals surface area contributed by atoms with E-state index >= 15 is 0 Å². The van der Waals surface area contributed by atoms with Crippen LogP contribution in [0.15, 0.2) is 24.8 Å². The molecule has 0 radical (unpaired) electrons. The van der Waals surface area contributed by atoms with Gasteiger partial charge < -0.3 is 11.1 Å². The van der Waals surface area contributed by atoms with Crippen LogP contribution in [0.1, 0.15) is 36.1 Å². The lowest BCUT2D eigenvalue weighted by molar-refractivity contribution is 0.511. The number of benzene rings is 1. The Morgan fingerprint density at radius 2 is 2.19 bits per heavy atom. The Balaban J connectivity index is 2.38. The number of nitrogens with one attached hydrogen (secondary N) is 1. The van der Waals surface area contributed by atoms with Gasteiger partial charge in [0, 0.05) is 6.04 Å². The Hall–Kier alpha value is -1.12. The Morgan fingerprint density at radius 3 is 2.88 bits per heavy atom. The van der Waals surface area contributed by atoms with Gasteiger partial charge in [0.1, 0.15) is 0 Å². The van der Waals surface area contributed by atoms with Crippen molar-refractivity contribution in [2.75, 3.05) is 6.54 Å².